The van der Waals surface area contributed by atoms with Gasteiger partial charge >= 0.3 is 0 Å². The van der Waals surface area contributed by atoms with Crippen molar-refractivity contribution in [2.45, 2.75) is 26.2 Å². The second kappa shape index (κ2) is 6.79. The van der Waals surface area contributed by atoms with Gasteiger partial charge in [-0.3, -0.25) is 5.43 Å². The number of aromatic nitrogens is 1. The molecule has 0 saturated heterocycles. The fourth-order valence-electron chi connectivity index (χ4n) is 2.78. The zero-order valence-corrected chi connectivity index (χ0v) is 13.6. The van der Waals surface area contributed by atoms with Gasteiger partial charge in [0.25, 0.3) is 0 Å². The third-order valence-corrected chi connectivity index (χ3v) is 4.47. The van der Waals surface area contributed by atoms with Gasteiger partial charge in [-0.1, -0.05) is 13.0 Å². The lowest BCUT2D eigenvalue weighted by Gasteiger charge is -2.31. The van der Waals surface area contributed by atoms with Crippen LogP contribution in [0.3, 0.4) is 0 Å². The number of hydrogen-bond donors (Lipinski definition) is 2. The van der Waals surface area contributed by atoms with E-state index in [9.17, 15) is 0 Å². The lowest BCUT2D eigenvalue weighted by Crippen LogP contribution is -2.30. The molecule has 0 amide bonds. The minimum Gasteiger partial charge on any atom is -0.383 e. The van der Waals surface area contributed by atoms with Crippen LogP contribution < -0.4 is 16.1 Å². The van der Waals surface area contributed by atoms with E-state index in [2.05, 4.69) is 45.5 Å². The van der Waals surface area contributed by atoms with Gasteiger partial charge in [-0.2, -0.15) is 5.10 Å². The molecule has 3 rings (SSSR count). The number of nitrogen functional groups attached to an aromatic ring is 1. The van der Waals surface area contributed by atoms with E-state index in [-0.39, 0.29) is 0 Å². The van der Waals surface area contributed by atoms with Crippen molar-refractivity contribution in [1.29, 1.82) is 0 Å². The van der Waals surface area contributed by atoms with Gasteiger partial charge in [0.05, 0.1) is 6.21 Å². The minimum absolute atomic E-state index is 0.521. The smallest absolute Gasteiger partial charge is 0.205 e. The largest absolute Gasteiger partial charge is 0.383 e. The number of rotatable bonds is 5. The average Bonchev–Trinajstić information content (AvgIpc) is 2.93. The summed E-state index contributed by atoms with van der Waals surface area (Å²) in [5, 5.41) is 6.73. The first-order valence-corrected chi connectivity index (χ1v) is 8.52. The first kappa shape index (κ1) is 14.8. The number of hydrazone groups is 1. The van der Waals surface area contributed by atoms with Crippen LogP contribution in [0.1, 0.15) is 30.9 Å². The number of nitrogens with zero attached hydrogens (tertiary/aromatic N) is 3. The predicted octanol–water partition coefficient (Wildman–Crippen LogP) is 3.33. The Morgan fingerprint density at radius 3 is 3.18 bits per heavy atom. The maximum atomic E-state index is 5.58. The van der Waals surface area contributed by atoms with Crippen LogP contribution in [0.25, 0.3) is 0 Å². The molecule has 0 saturated carbocycles. The summed E-state index contributed by atoms with van der Waals surface area (Å²) < 4.78 is 0. The topological polar surface area (TPSA) is 66.5 Å². The summed E-state index contributed by atoms with van der Waals surface area (Å²) >= 11 is 1.45. The summed E-state index contributed by atoms with van der Waals surface area (Å²) in [5.41, 5.74) is 12.4. The molecule has 0 unspecified atom stereocenters. The second-order valence-corrected chi connectivity index (χ2v) is 6.28. The number of nitrogens with one attached hydrogen (secondary N) is 1. The molecule has 1 aliphatic heterocycles. The third kappa shape index (κ3) is 3.39. The van der Waals surface area contributed by atoms with Crippen LogP contribution >= 0.6 is 11.3 Å². The van der Waals surface area contributed by atoms with Gasteiger partial charge in [0.1, 0.15) is 5.82 Å². The molecule has 2 heterocycles. The Hall–Kier alpha value is -2.08. The van der Waals surface area contributed by atoms with Gasteiger partial charge in [0.2, 0.25) is 5.13 Å². The quantitative estimate of drug-likeness (QED) is 0.656. The Morgan fingerprint density at radius 1 is 1.50 bits per heavy atom. The number of benzene rings is 1. The third-order valence-electron chi connectivity index (χ3n) is 3.71. The monoisotopic (exact) mass is 315 g/mol. The molecule has 0 spiro atoms. The summed E-state index contributed by atoms with van der Waals surface area (Å²) in [6.45, 7) is 4.53. The van der Waals surface area contributed by atoms with E-state index >= 15 is 0 Å². The molecule has 3 N–H and O–H groups in total. The first-order chi connectivity index (χ1) is 10.8. The summed E-state index contributed by atoms with van der Waals surface area (Å²) in [6, 6.07) is 6.57. The normalized spacial score (nSPS) is 14.3. The summed E-state index contributed by atoms with van der Waals surface area (Å²) in [6.07, 6.45) is 5.39. The van der Waals surface area contributed by atoms with E-state index in [1.165, 1.54) is 42.0 Å². The zero-order valence-electron chi connectivity index (χ0n) is 12.7. The Labute approximate surface area is 134 Å². The summed E-state index contributed by atoms with van der Waals surface area (Å²) in [5.74, 6) is 0.521. The van der Waals surface area contributed by atoms with E-state index in [0.717, 1.165) is 18.5 Å². The molecule has 0 aliphatic carbocycles. The minimum atomic E-state index is 0.521. The van der Waals surface area contributed by atoms with Crippen molar-refractivity contribution < 1.29 is 0 Å². The molecule has 2 aromatic rings. The Bertz CT molecular complexity index is 664. The molecule has 0 fully saturated rings. The Morgan fingerprint density at radius 2 is 2.41 bits per heavy atom. The summed E-state index contributed by atoms with van der Waals surface area (Å²) in [4.78, 5) is 6.59. The highest BCUT2D eigenvalue weighted by Gasteiger charge is 2.15. The van der Waals surface area contributed by atoms with Gasteiger partial charge in [-0.15, -0.1) is 11.3 Å². The fraction of sp³-hybridized carbons (Fsp3) is 0.375. The predicted molar refractivity (Wildman–Crippen MR) is 95.0 cm³/mol. The first-order valence-electron chi connectivity index (χ1n) is 7.64. The van der Waals surface area contributed by atoms with E-state index < -0.39 is 0 Å². The molecule has 5 nitrogen and oxygen atoms in total. The molecular formula is C16H21N5S. The number of hydrogen-bond acceptors (Lipinski definition) is 6. The van der Waals surface area contributed by atoms with Crippen LogP contribution in [0, 0.1) is 0 Å². The number of anilines is 3. The highest BCUT2D eigenvalue weighted by atomic mass is 32.1. The highest BCUT2D eigenvalue weighted by molar-refractivity contribution is 7.14. The van der Waals surface area contributed by atoms with E-state index in [0.29, 0.717) is 10.9 Å². The van der Waals surface area contributed by atoms with Gasteiger partial charge in [0, 0.05) is 24.2 Å². The molecule has 1 aromatic carbocycles. The van der Waals surface area contributed by atoms with Gasteiger partial charge in [-0.05, 0) is 42.5 Å². The molecule has 0 bridgehead atoms. The van der Waals surface area contributed by atoms with Crippen molar-refractivity contribution in [3.8, 4) is 0 Å². The van der Waals surface area contributed by atoms with Crippen molar-refractivity contribution >= 4 is 34.2 Å². The number of aryl methyl sites for hydroxylation is 1. The molecule has 0 atom stereocenters. The van der Waals surface area contributed by atoms with Crippen molar-refractivity contribution in [3.05, 3.63) is 34.7 Å². The molecular weight excluding hydrogens is 294 g/mol. The number of nitrogens with two attached hydrogens (primary N) is 1. The Kier molecular flexibility index (Phi) is 4.58. The van der Waals surface area contributed by atoms with Crippen LogP contribution in [0.4, 0.5) is 16.6 Å². The lowest BCUT2D eigenvalue weighted by atomic mass is 9.99. The average molecular weight is 315 g/mol. The van der Waals surface area contributed by atoms with E-state index in [1.807, 2.05) is 6.21 Å². The molecule has 6 heteroatoms. The zero-order chi connectivity index (χ0) is 15.4. The van der Waals surface area contributed by atoms with E-state index in [4.69, 9.17) is 5.73 Å². The SMILES string of the molecule is CCCN1CCCc2cc(C=NNc3nc(N)cs3)ccc21. The lowest BCUT2D eigenvalue weighted by molar-refractivity contribution is 0.681. The molecule has 1 aliphatic rings. The maximum absolute atomic E-state index is 5.58. The van der Waals surface area contributed by atoms with Crippen LogP contribution in [0.15, 0.2) is 28.7 Å². The highest BCUT2D eigenvalue weighted by Crippen LogP contribution is 2.27. The van der Waals surface area contributed by atoms with Crippen LogP contribution in [-0.4, -0.2) is 24.3 Å². The number of fused-ring (bicyclic) bond motifs is 1. The summed E-state index contributed by atoms with van der Waals surface area (Å²) in [7, 11) is 0. The van der Waals surface area contributed by atoms with Crippen LogP contribution in [-0.2, 0) is 6.42 Å². The van der Waals surface area contributed by atoms with Crippen molar-refractivity contribution in [2.24, 2.45) is 5.10 Å². The van der Waals surface area contributed by atoms with Gasteiger partial charge in [-0.25, -0.2) is 4.98 Å². The maximum Gasteiger partial charge on any atom is 0.205 e. The molecule has 22 heavy (non-hydrogen) atoms. The Balaban J connectivity index is 1.70. The van der Waals surface area contributed by atoms with Crippen LogP contribution in [0.5, 0.6) is 0 Å². The van der Waals surface area contributed by atoms with Crippen molar-refractivity contribution in [1.82, 2.24) is 4.98 Å². The standard InChI is InChI=1S/C16H21N5S/c1-2-7-21-8-3-4-13-9-12(5-6-14(13)21)10-18-20-16-19-15(17)11-22-16/h5-6,9-11H,2-4,7-8,17H2,1H3,(H,19,20). The number of thiazole rings is 1. The molecule has 116 valence electrons. The van der Waals surface area contributed by atoms with Crippen molar-refractivity contribution in [2.75, 3.05) is 29.1 Å². The van der Waals surface area contributed by atoms with Crippen LogP contribution in [0.2, 0.25) is 0 Å². The fourth-order valence-corrected chi connectivity index (χ4v) is 3.33. The van der Waals surface area contributed by atoms with E-state index in [1.54, 1.807) is 5.38 Å². The van der Waals surface area contributed by atoms with Gasteiger partial charge in [0.15, 0.2) is 0 Å². The second-order valence-electron chi connectivity index (χ2n) is 5.43. The molecule has 0 radical (unpaired) electrons. The van der Waals surface area contributed by atoms with Crippen molar-refractivity contribution in [3.63, 3.8) is 0 Å². The molecule has 1 aromatic heterocycles. The van der Waals surface area contributed by atoms with Gasteiger partial charge < -0.3 is 10.6 Å².